The van der Waals surface area contributed by atoms with Crippen molar-refractivity contribution in [3.63, 3.8) is 0 Å². The van der Waals surface area contributed by atoms with E-state index in [0.29, 0.717) is 10.0 Å². The smallest absolute Gasteiger partial charge is 0.311 e. The third kappa shape index (κ3) is 4.65. The van der Waals surface area contributed by atoms with Gasteiger partial charge in [0.15, 0.2) is 5.76 Å². The normalized spacial score (nSPS) is 11.2. The molecule has 0 aromatic heterocycles. The Bertz CT molecular complexity index is 431. The van der Waals surface area contributed by atoms with Gasteiger partial charge in [-0.25, -0.2) is 0 Å². The minimum Gasteiger partial charge on any atom is -0.540 e. The molecule has 6 heteroatoms. The Morgan fingerprint density at radius 1 is 1.06 bits per heavy atom. The van der Waals surface area contributed by atoms with E-state index >= 15 is 0 Å². The van der Waals surface area contributed by atoms with Crippen molar-refractivity contribution in [1.29, 1.82) is 0 Å². The standard InChI is InChI=1S/C11H12Cl2F2OSi/c1-17(2,3)16-10(11(14)15)7-4-8(12)6-9(13)5-7/h4-6H,1-3H3. The zero-order valence-corrected chi connectivity index (χ0v) is 12.2. The molecular weight excluding hydrogens is 285 g/mol. The van der Waals surface area contributed by atoms with Gasteiger partial charge in [-0.3, -0.25) is 0 Å². The first-order valence-corrected chi connectivity index (χ1v) is 9.06. The number of hydrogen-bond acceptors (Lipinski definition) is 1. The Morgan fingerprint density at radius 3 is 1.88 bits per heavy atom. The van der Waals surface area contributed by atoms with Crippen LogP contribution in [0.4, 0.5) is 8.78 Å². The van der Waals surface area contributed by atoms with Crippen molar-refractivity contribution in [2.24, 2.45) is 0 Å². The van der Waals surface area contributed by atoms with Gasteiger partial charge in [0.25, 0.3) is 0 Å². The molecule has 1 nitrogen and oxygen atoms in total. The number of rotatable bonds is 3. The van der Waals surface area contributed by atoms with Crippen molar-refractivity contribution in [3.8, 4) is 0 Å². The molecule has 0 aliphatic carbocycles. The second-order valence-corrected chi connectivity index (χ2v) is 9.76. The zero-order chi connectivity index (χ0) is 13.2. The minimum absolute atomic E-state index is 0.199. The Labute approximate surface area is 110 Å². The van der Waals surface area contributed by atoms with Gasteiger partial charge in [-0.05, 0) is 37.8 Å². The van der Waals surface area contributed by atoms with Gasteiger partial charge in [-0.1, -0.05) is 23.2 Å². The summed E-state index contributed by atoms with van der Waals surface area (Å²) >= 11 is 11.5. The van der Waals surface area contributed by atoms with Crippen LogP contribution in [0.25, 0.3) is 5.76 Å². The molecule has 0 N–H and O–H groups in total. The van der Waals surface area contributed by atoms with Gasteiger partial charge >= 0.3 is 6.08 Å². The van der Waals surface area contributed by atoms with Crippen LogP contribution < -0.4 is 0 Å². The van der Waals surface area contributed by atoms with Gasteiger partial charge < -0.3 is 4.43 Å². The van der Waals surface area contributed by atoms with Gasteiger partial charge in [0, 0.05) is 15.6 Å². The van der Waals surface area contributed by atoms with E-state index in [-0.39, 0.29) is 5.56 Å². The van der Waals surface area contributed by atoms with Crippen LogP contribution in [-0.2, 0) is 4.43 Å². The fraction of sp³-hybridized carbons (Fsp3) is 0.273. The van der Waals surface area contributed by atoms with Crippen LogP contribution in [0.15, 0.2) is 24.3 Å². The Balaban J connectivity index is 3.21. The number of hydrogen-bond donors (Lipinski definition) is 0. The molecule has 0 fully saturated rings. The van der Waals surface area contributed by atoms with Crippen molar-refractivity contribution in [1.82, 2.24) is 0 Å². The van der Waals surface area contributed by atoms with E-state index in [0.717, 1.165) is 0 Å². The largest absolute Gasteiger partial charge is 0.540 e. The van der Waals surface area contributed by atoms with E-state index in [2.05, 4.69) is 0 Å². The summed E-state index contributed by atoms with van der Waals surface area (Å²) in [7, 11) is -2.12. The van der Waals surface area contributed by atoms with E-state index in [1.807, 2.05) is 19.6 Å². The van der Waals surface area contributed by atoms with Crippen molar-refractivity contribution >= 4 is 37.3 Å². The fourth-order valence-corrected chi connectivity index (χ4v) is 2.53. The monoisotopic (exact) mass is 296 g/mol. The van der Waals surface area contributed by atoms with Crippen molar-refractivity contribution in [2.75, 3.05) is 0 Å². The Morgan fingerprint density at radius 2 is 1.53 bits per heavy atom. The van der Waals surface area contributed by atoms with E-state index in [1.165, 1.54) is 18.2 Å². The maximum atomic E-state index is 12.9. The van der Waals surface area contributed by atoms with E-state index in [1.54, 1.807) is 0 Å². The predicted octanol–water partition coefficient (Wildman–Crippen LogP) is 5.41. The molecule has 1 aromatic rings. The molecule has 0 bridgehead atoms. The summed E-state index contributed by atoms with van der Waals surface area (Å²) in [4.78, 5) is 0. The van der Waals surface area contributed by atoms with Crippen LogP contribution in [0, 0.1) is 0 Å². The molecule has 94 valence electrons. The summed E-state index contributed by atoms with van der Waals surface area (Å²) in [6.45, 7) is 5.46. The van der Waals surface area contributed by atoms with E-state index in [9.17, 15) is 8.78 Å². The van der Waals surface area contributed by atoms with Gasteiger partial charge in [0.2, 0.25) is 8.32 Å². The minimum atomic E-state index is -2.12. The second kappa shape index (κ2) is 5.37. The topological polar surface area (TPSA) is 9.23 Å². The lowest BCUT2D eigenvalue weighted by Gasteiger charge is -2.21. The van der Waals surface area contributed by atoms with Crippen molar-refractivity contribution in [2.45, 2.75) is 19.6 Å². The lowest BCUT2D eigenvalue weighted by molar-refractivity contribution is 0.384. The third-order valence-electron chi connectivity index (χ3n) is 1.70. The van der Waals surface area contributed by atoms with Crippen molar-refractivity contribution < 1.29 is 13.2 Å². The molecule has 0 aliphatic heterocycles. The van der Waals surface area contributed by atoms with Crippen LogP contribution in [0.1, 0.15) is 5.56 Å². The van der Waals surface area contributed by atoms with Crippen LogP contribution in [0.3, 0.4) is 0 Å². The molecule has 0 amide bonds. The van der Waals surface area contributed by atoms with Crippen LogP contribution in [0.5, 0.6) is 0 Å². The maximum absolute atomic E-state index is 12.9. The van der Waals surface area contributed by atoms with Crippen LogP contribution in [-0.4, -0.2) is 8.32 Å². The molecule has 0 saturated heterocycles. The zero-order valence-electron chi connectivity index (χ0n) is 9.65. The summed E-state index contributed by atoms with van der Waals surface area (Å²) in [5.74, 6) is -0.437. The molecule has 0 saturated carbocycles. The summed E-state index contributed by atoms with van der Waals surface area (Å²) in [6, 6.07) is 4.29. The highest BCUT2D eigenvalue weighted by Gasteiger charge is 2.22. The first kappa shape index (κ1) is 14.5. The molecule has 0 radical (unpaired) electrons. The SMILES string of the molecule is C[Si](C)(C)OC(=C(F)F)c1cc(Cl)cc(Cl)c1. The number of halogens is 4. The number of benzene rings is 1. The van der Waals surface area contributed by atoms with Gasteiger partial charge in [0.05, 0.1) is 0 Å². The first-order valence-electron chi connectivity index (χ1n) is 4.90. The van der Waals surface area contributed by atoms with Gasteiger partial charge in [-0.2, -0.15) is 8.78 Å². The fourth-order valence-electron chi connectivity index (χ4n) is 1.20. The van der Waals surface area contributed by atoms with Crippen molar-refractivity contribution in [3.05, 3.63) is 39.9 Å². The predicted molar refractivity (Wildman–Crippen MR) is 70.0 cm³/mol. The average Bonchev–Trinajstić information content (AvgIpc) is 2.10. The highest BCUT2D eigenvalue weighted by atomic mass is 35.5. The molecule has 17 heavy (non-hydrogen) atoms. The van der Waals surface area contributed by atoms with Crippen LogP contribution in [0.2, 0.25) is 29.7 Å². The second-order valence-electron chi connectivity index (χ2n) is 4.46. The molecule has 0 heterocycles. The molecule has 0 spiro atoms. The highest BCUT2D eigenvalue weighted by Crippen LogP contribution is 2.30. The summed E-state index contributed by atoms with van der Waals surface area (Å²) in [5.41, 5.74) is 0.199. The Hall–Kier alpha value is -0.583. The van der Waals surface area contributed by atoms with Gasteiger partial charge in [-0.15, -0.1) is 0 Å². The maximum Gasteiger partial charge on any atom is 0.311 e. The van der Waals surface area contributed by atoms with Crippen LogP contribution >= 0.6 is 23.2 Å². The van der Waals surface area contributed by atoms with E-state index < -0.39 is 20.2 Å². The molecule has 0 unspecified atom stereocenters. The van der Waals surface area contributed by atoms with E-state index in [4.69, 9.17) is 27.6 Å². The first-order chi connectivity index (χ1) is 7.69. The molecular formula is C11H12Cl2F2OSi. The quantitative estimate of drug-likeness (QED) is 0.535. The lowest BCUT2D eigenvalue weighted by Crippen LogP contribution is -2.24. The molecule has 1 rings (SSSR count). The summed E-state index contributed by atoms with van der Waals surface area (Å²) < 4.78 is 31.1. The summed E-state index contributed by atoms with van der Waals surface area (Å²) in [5, 5.41) is 0.593. The highest BCUT2D eigenvalue weighted by molar-refractivity contribution is 6.70. The summed E-state index contributed by atoms with van der Waals surface area (Å²) in [6.07, 6.45) is -1.87. The lowest BCUT2D eigenvalue weighted by atomic mass is 10.2. The third-order valence-corrected chi connectivity index (χ3v) is 2.96. The molecule has 1 aromatic carbocycles. The molecule has 0 aliphatic rings. The molecule has 0 atom stereocenters. The average molecular weight is 297 g/mol. The van der Waals surface area contributed by atoms with Gasteiger partial charge in [0.1, 0.15) is 0 Å². The Kier molecular flexibility index (Phi) is 4.58.